The minimum Gasteiger partial charge on any atom is -0.497 e. The Morgan fingerprint density at radius 1 is 1.24 bits per heavy atom. The number of halogens is 1. The Morgan fingerprint density at radius 3 is 2.80 bits per heavy atom. The Bertz CT molecular complexity index is 1160. The van der Waals surface area contributed by atoms with Gasteiger partial charge < -0.3 is 9.72 Å². The van der Waals surface area contributed by atoms with Crippen LogP contribution in [0.4, 0.5) is 0 Å². The highest BCUT2D eigenvalue weighted by molar-refractivity contribution is 9.10. The summed E-state index contributed by atoms with van der Waals surface area (Å²) in [7, 11) is 1.61. The van der Waals surface area contributed by atoms with Crippen molar-refractivity contribution in [3.8, 4) is 5.75 Å². The van der Waals surface area contributed by atoms with Gasteiger partial charge in [0.05, 0.1) is 13.3 Å². The average molecular weight is 397 g/mol. The first-order valence-electron chi connectivity index (χ1n) is 7.53. The predicted octanol–water partition coefficient (Wildman–Crippen LogP) is 3.53. The van der Waals surface area contributed by atoms with Crippen LogP contribution in [0.5, 0.6) is 5.75 Å². The lowest BCUT2D eigenvalue weighted by molar-refractivity contribution is 0.415. The summed E-state index contributed by atoms with van der Waals surface area (Å²) < 4.78 is 7.27. The number of nitrogens with zero attached hydrogens (tertiary/aromatic N) is 3. The van der Waals surface area contributed by atoms with Crippen LogP contribution in [0.3, 0.4) is 0 Å². The largest absolute Gasteiger partial charge is 0.497 e. The van der Waals surface area contributed by atoms with Gasteiger partial charge in [0, 0.05) is 15.4 Å². The van der Waals surface area contributed by atoms with Gasteiger partial charge in [0.2, 0.25) is 0 Å². The van der Waals surface area contributed by atoms with Crippen molar-refractivity contribution in [2.45, 2.75) is 0 Å². The van der Waals surface area contributed by atoms with E-state index in [9.17, 15) is 4.79 Å². The molecule has 2 heterocycles. The molecule has 0 aliphatic heterocycles. The van der Waals surface area contributed by atoms with Gasteiger partial charge in [-0.15, -0.1) is 0 Å². The number of hydrogen-bond acceptors (Lipinski definition) is 4. The molecule has 0 aliphatic rings. The summed E-state index contributed by atoms with van der Waals surface area (Å²) in [5.41, 5.74) is 2.54. The molecule has 124 valence electrons. The van der Waals surface area contributed by atoms with E-state index in [0.29, 0.717) is 11.0 Å². The Labute approximate surface area is 150 Å². The molecule has 4 aromatic rings. The highest BCUT2D eigenvalue weighted by atomic mass is 79.9. The Balaban J connectivity index is 1.77. The number of aromatic amines is 1. The molecule has 2 aromatic heterocycles. The van der Waals surface area contributed by atoms with E-state index in [-0.39, 0.29) is 5.56 Å². The number of rotatable bonds is 3. The first kappa shape index (κ1) is 15.6. The number of H-pyrrole nitrogens is 1. The number of fused-ring (bicyclic) bond motifs is 3. The fraction of sp³-hybridized carbons (Fsp3) is 0.0556. The zero-order valence-electron chi connectivity index (χ0n) is 13.2. The zero-order chi connectivity index (χ0) is 17.4. The molecule has 4 rings (SSSR count). The van der Waals surface area contributed by atoms with Crippen LogP contribution >= 0.6 is 15.9 Å². The van der Waals surface area contributed by atoms with Crippen LogP contribution in [0.1, 0.15) is 5.56 Å². The lowest BCUT2D eigenvalue weighted by Crippen LogP contribution is -2.17. The SMILES string of the molecule is COc1ccc(/C=N/n2cnc3c([nH]c4ccc(Br)cc43)c2=O)cc1. The van der Waals surface area contributed by atoms with E-state index in [0.717, 1.165) is 26.7 Å². The van der Waals surface area contributed by atoms with Crippen molar-refractivity contribution in [3.05, 3.63) is 69.2 Å². The molecule has 25 heavy (non-hydrogen) atoms. The molecular weight excluding hydrogens is 384 g/mol. The van der Waals surface area contributed by atoms with Crippen molar-refractivity contribution in [2.24, 2.45) is 5.10 Å². The number of aromatic nitrogens is 3. The molecule has 0 fully saturated rings. The summed E-state index contributed by atoms with van der Waals surface area (Å²) in [5.74, 6) is 0.765. The van der Waals surface area contributed by atoms with Gasteiger partial charge in [0.1, 0.15) is 23.1 Å². The lowest BCUT2D eigenvalue weighted by Gasteiger charge is -2.00. The smallest absolute Gasteiger partial charge is 0.298 e. The first-order valence-corrected chi connectivity index (χ1v) is 8.32. The summed E-state index contributed by atoms with van der Waals surface area (Å²) in [6, 6.07) is 13.1. The van der Waals surface area contributed by atoms with Crippen molar-refractivity contribution in [3.63, 3.8) is 0 Å². The summed E-state index contributed by atoms with van der Waals surface area (Å²) >= 11 is 3.44. The van der Waals surface area contributed by atoms with Gasteiger partial charge in [-0.2, -0.15) is 9.78 Å². The van der Waals surface area contributed by atoms with Crippen LogP contribution in [0.15, 0.2) is 63.2 Å². The number of ether oxygens (including phenoxy) is 1. The van der Waals surface area contributed by atoms with Gasteiger partial charge in [-0.3, -0.25) is 4.79 Å². The molecule has 0 aliphatic carbocycles. The molecule has 0 atom stereocenters. The number of benzene rings is 2. The second-order valence-electron chi connectivity index (χ2n) is 5.45. The van der Waals surface area contributed by atoms with E-state index in [1.807, 2.05) is 42.5 Å². The number of hydrogen-bond donors (Lipinski definition) is 1. The van der Waals surface area contributed by atoms with Crippen LogP contribution in [0, 0.1) is 0 Å². The Hall–Kier alpha value is -2.93. The maximum atomic E-state index is 12.7. The van der Waals surface area contributed by atoms with Crippen molar-refractivity contribution in [1.82, 2.24) is 14.6 Å². The van der Waals surface area contributed by atoms with Crippen LogP contribution in [-0.4, -0.2) is 28.0 Å². The average Bonchev–Trinajstić information content (AvgIpc) is 3.00. The fourth-order valence-electron chi connectivity index (χ4n) is 2.62. The minimum atomic E-state index is -0.248. The normalized spacial score (nSPS) is 11.6. The molecule has 0 saturated carbocycles. The predicted molar refractivity (Wildman–Crippen MR) is 102 cm³/mol. The molecule has 0 saturated heterocycles. The first-order chi connectivity index (χ1) is 12.2. The highest BCUT2D eigenvalue weighted by Crippen LogP contribution is 2.24. The molecule has 0 amide bonds. The fourth-order valence-corrected chi connectivity index (χ4v) is 2.98. The van der Waals surface area contributed by atoms with Crippen LogP contribution in [-0.2, 0) is 0 Å². The van der Waals surface area contributed by atoms with E-state index < -0.39 is 0 Å². The van der Waals surface area contributed by atoms with Gasteiger partial charge in [0.15, 0.2) is 0 Å². The number of methoxy groups -OCH3 is 1. The summed E-state index contributed by atoms with van der Waals surface area (Å²) in [6.45, 7) is 0. The third-order valence-electron chi connectivity index (χ3n) is 3.90. The molecule has 2 aromatic carbocycles. The molecule has 7 heteroatoms. The molecule has 0 unspecified atom stereocenters. The van der Waals surface area contributed by atoms with E-state index >= 15 is 0 Å². The van der Waals surface area contributed by atoms with Crippen molar-refractivity contribution < 1.29 is 4.74 Å². The second kappa shape index (κ2) is 6.18. The molecule has 0 bridgehead atoms. The summed E-state index contributed by atoms with van der Waals surface area (Å²) in [4.78, 5) is 20.2. The Kier molecular flexibility index (Phi) is 3.85. The standard InChI is InChI=1S/C18H13BrN4O2/c1-25-13-5-2-11(3-6-13)9-21-23-10-20-16-14-8-12(19)4-7-15(14)22-17(16)18(23)24/h2-10,22H,1H3/b21-9+. The van der Waals surface area contributed by atoms with E-state index in [2.05, 4.69) is 31.0 Å². The minimum absolute atomic E-state index is 0.248. The van der Waals surface area contributed by atoms with Gasteiger partial charge in [-0.25, -0.2) is 4.98 Å². The van der Waals surface area contributed by atoms with Crippen LogP contribution in [0.25, 0.3) is 21.9 Å². The van der Waals surface area contributed by atoms with E-state index in [4.69, 9.17) is 4.74 Å². The van der Waals surface area contributed by atoms with Crippen LogP contribution in [0.2, 0.25) is 0 Å². The van der Waals surface area contributed by atoms with Gasteiger partial charge in [0.25, 0.3) is 5.56 Å². The third kappa shape index (κ3) is 2.83. The van der Waals surface area contributed by atoms with Gasteiger partial charge >= 0.3 is 0 Å². The third-order valence-corrected chi connectivity index (χ3v) is 4.39. The van der Waals surface area contributed by atoms with Crippen molar-refractivity contribution in [2.75, 3.05) is 7.11 Å². The monoisotopic (exact) mass is 396 g/mol. The second-order valence-corrected chi connectivity index (χ2v) is 6.37. The molecule has 0 radical (unpaired) electrons. The summed E-state index contributed by atoms with van der Waals surface area (Å²) in [5, 5.41) is 5.11. The molecule has 6 nitrogen and oxygen atoms in total. The summed E-state index contributed by atoms with van der Waals surface area (Å²) in [6.07, 6.45) is 3.03. The highest BCUT2D eigenvalue weighted by Gasteiger charge is 2.10. The maximum absolute atomic E-state index is 12.7. The molecule has 0 spiro atoms. The number of nitrogens with one attached hydrogen (secondary N) is 1. The lowest BCUT2D eigenvalue weighted by atomic mass is 10.2. The zero-order valence-corrected chi connectivity index (χ0v) is 14.8. The van der Waals surface area contributed by atoms with Crippen molar-refractivity contribution in [1.29, 1.82) is 0 Å². The Morgan fingerprint density at radius 2 is 2.04 bits per heavy atom. The molecule has 1 N–H and O–H groups in total. The van der Waals surface area contributed by atoms with E-state index in [1.54, 1.807) is 13.3 Å². The van der Waals surface area contributed by atoms with Crippen molar-refractivity contribution >= 4 is 44.1 Å². The topological polar surface area (TPSA) is 72.3 Å². The quantitative estimate of drug-likeness (QED) is 0.538. The van der Waals surface area contributed by atoms with Crippen LogP contribution < -0.4 is 10.3 Å². The maximum Gasteiger partial charge on any atom is 0.298 e. The van der Waals surface area contributed by atoms with Gasteiger partial charge in [-0.1, -0.05) is 15.9 Å². The van der Waals surface area contributed by atoms with Gasteiger partial charge in [-0.05, 0) is 48.0 Å². The van der Waals surface area contributed by atoms with E-state index in [1.165, 1.54) is 11.0 Å². The molecular formula is C18H13BrN4O2.